The van der Waals surface area contributed by atoms with Gasteiger partial charge in [0, 0.05) is 19.1 Å². The number of piperidine rings is 1. The lowest BCUT2D eigenvalue weighted by Crippen LogP contribution is -2.43. The van der Waals surface area contributed by atoms with Gasteiger partial charge in [-0.2, -0.15) is 0 Å². The molecule has 1 saturated heterocycles. The van der Waals surface area contributed by atoms with E-state index >= 15 is 0 Å². The molecule has 16 heavy (non-hydrogen) atoms. The molecule has 1 heterocycles. The van der Waals surface area contributed by atoms with Crippen LogP contribution in [-0.4, -0.2) is 30.6 Å². The fourth-order valence-electron chi connectivity index (χ4n) is 2.23. The standard InChI is InChI=1S/C13H20N2.ClH/c14-13-7-4-9-15(11-13)10-8-12-5-2-1-3-6-12;/h1-3,5-6,13H,4,7-11,14H2;1H. The number of halogens is 1. The Bertz CT molecular complexity index is 289. The van der Waals surface area contributed by atoms with Gasteiger partial charge in [-0.3, -0.25) is 0 Å². The first-order valence-electron chi connectivity index (χ1n) is 5.86. The summed E-state index contributed by atoms with van der Waals surface area (Å²) in [5.74, 6) is 0. The number of rotatable bonds is 3. The molecule has 1 aromatic carbocycles. The quantitative estimate of drug-likeness (QED) is 0.877. The van der Waals surface area contributed by atoms with E-state index in [1.807, 2.05) is 0 Å². The van der Waals surface area contributed by atoms with Crippen LogP contribution >= 0.6 is 12.4 Å². The van der Waals surface area contributed by atoms with Crippen LogP contribution in [0, 0.1) is 0 Å². The summed E-state index contributed by atoms with van der Waals surface area (Å²) in [5.41, 5.74) is 7.38. The first kappa shape index (κ1) is 13.5. The maximum absolute atomic E-state index is 5.95. The summed E-state index contributed by atoms with van der Waals surface area (Å²) in [5, 5.41) is 0. The third-order valence-electron chi connectivity index (χ3n) is 3.10. The molecule has 1 unspecified atom stereocenters. The van der Waals surface area contributed by atoms with Crippen LogP contribution in [0.1, 0.15) is 18.4 Å². The van der Waals surface area contributed by atoms with Crippen molar-refractivity contribution in [2.24, 2.45) is 5.73 Å². The lowest BCUT2D eigenvalue weighted by Gasteiger charge is -2.30. The molecule has 0 bridgehead atoms. The highest BCUT2D eigenvalue weighted by molar-refractivity contribution is 5.85. The van der Waals surface area contributed by atoms with E-state index in [4.69, 9.17) is 5.73 Å². The normalized spacial score (nSPS) is 21.4. The molecule has 1 aliphatic heterocycles. The van der Waals surface area contributed by atoms with Crippen LogP contribution in [-0.2, 0) is 6.42 Å². The zero-order valence-corrected chi connectivity index (χ0v) is 10.5. The molecule has 0 amide bonds. The summed E-state index contributed by atoms with van der Waals surface area (Å²) in [6.07, 6.45) is 3.60. The molecule has 1 aromatic rings. The smallest absolute Gasteiger partial charge is 0.0168 e. The zero-order chi connectivity index (χ0) is 10.5. The van der Waals surface area contributed by atoms with Crippen molar-refractivity contribution >= 4 is 12.4 Å². The summed E-state index contributed by atoms with van der Waals surface area (Å²) in [7, 11) is 0. The van der Waals surface area contributed by atoms with Crippen LogP contribution in [0.3, 0.4) is 0 Å². The van der Waals surface area contributed by atoms with Crippen LogP contribution < -0.4 is 5.73 Å². The summed E-state index contributed by atoms with van der Waals surface area (Å²) in [6, 6.07) is 11.1. The SMILES string of the molecule is Cl.NC1CCCN(CCc2ccccc2)C1. The molecule has 2 N–H and O–H groups in total. The molecule has 90 valence electrons. The third kappa shape index (κ3) is 4.12. The topological polar surface area (TPSA) is 29.3 Å². The average molecular weight is 241 g/mol. The molecule has 2 rings (SSSR count). The second-order valence-electron chi connectivity index (χ2n) is 4.44. The highest BCUT2D eigenvalue weighted by Gasteiger charge is 2.15. The molecule has 0 aromatic heterocycles. The Kier molecular flexibility index (Phi) is 5.81. The van der Waals surface area contributed by atoms with Gasteiger partial charge in [0.05, 0.1) is 0 Å². The van der Waals surface area contributed by atoms with Gasteiger partial charge in [-0.1, -0.05) is 30.3 Å². The van der Waals surface area contributed by atoms with Crippen molar-refractivity contribution in [2.45, 2.75) is 25.3 Å². The fraction of sp³-hybridized carbons (Fsp3) is 0.538. The second kappa shape index (κ2) is 6.89. The van der Waals surface area contributed by atoms with Gasteiger partial charge in [0.1, 0.15) is 0 Å². The number of likely N-dealkylation sites (tertiary alicyclic amines) is 1. The lowest BCUT2D eigenvalue weighted by atomic mass is 10.1. The Hall–Kier alpha value is -0.570. The van der Waals surface area contributed by atoms with Crippen LogP contribution in [0.2, 0.25) is 0 Å². The Labute approximate surface area is 104 Å². The van der Waals surface area contributed by atoms with Crippen molar-refractivity contribution in [3.8, 4) is 0 Å². The van der Waals surface area contributed by atoms with Crippen molar-refractivity contribution in [3.63, 3.8) is 0 Å². The molecule has 0 spiro atoms. The minimum Gasteiger partial charge on any atom is -0.327 e. The van der Waals surface area contributed by atoms with Gasteiger partial charge in [0.25, 0.3) is 0 Å². The van der Waals surface area contributed by atoms with Crippen molar-refractivity contribution in [1.82, 2.24) is 4.90 Å². The Balaban J connectivity index is 0.00000128. The van der Waals surface area contributed by atoms with Crippen LogP contribution in [0.15, 0.2) is 30.3 Å². The van der Waals surface area contributed by atoms with Crippen molar-refractivity contribution < 1.29 is 0 Å². The Morgan fingerprint density at radius 3 is 2.69 bits per heavy atom. The van der Waals surface area contributed by atoms with Gasteiger partial charge < -0.3 is 10.6 Å². The van der Waals surface area contributed by atoms with E-state index in [-0.39, 0.29) is 12.4 Å². The highest BCUT2D eigenvalue weighted by atomic mass is 35.5. The molecule has 0 radical (unpaired) electrons. The van der Waals surface area contributed by atoms with Gasteiger partial charge >= 0.3 is 0 Å². The van der Waals surface area contributed by atoms with Crippen molar-refractivity contribution in [2.75, 3.05) is 19.6 Å². The van der Waals surface area contributed by atoms with Gasteiger partial charge in [-0.15, -0.1) is 12.4 Å². The summed E-state index contributed by atoms with van der Waals surface area (Å²) >= 11 is 0. The molecular weight excluding hydrogens is 220 g/mol. The van der Waals surface area contributed by atoms with E-state index in [0.717, 1.165) is 19.5 Å². The molecule has 1 atom stereocenters. The molecule has 0 saturated carbocycles. The summed E-state index contributed by atoms with van der Waals surface area (Å²) in [6.45, 7) is 3.45. The highest BCUT2D eigenvalue weighted by Crippen LogP contribution is 2.09. The summed E-state index contributed by atoms with van der Waals surface area (Å²) < 4.78 is 0. The first-order chi connectivity index (χ1) is 7.34. The molecule has 3 heteroatoms. The van der Waals surface area contributed by atoms with E-state index in [0.29, 0.717) is 6.04 Å². The predicted octanol–water partition coefficient (Wildman–Crippen LogP) is 2.07. The number of nitrogens with two attached hydrogens (primary N) is 1. The monoisotopic (exact) mass is 240 g/mol. The van der Waals surface area contributed by atoms with E-state index in [1.165, 1.54) is 24.9 Å². The fourth-order valence-corrected chi connectivity index (χ4v) is 2.23. The van der Waals surface area contributed by atoms with Gasteiger partial charge in [-0.25, -0.2) is 0 Å². The van der Waals surface area contributed by atoms with Crippen LogP contribution in [0.4, 0.5) is 0 Å². The second-order valence-corrected chi connectivity index (χ2v) is 4.44. The third-order valence-corrected chi connectivity index (χ3v) is 3.10. The number of hydrogen-bond donors (Lipinski definition) is 1. The average Bonchev–Trinajstić information content (AvgIpc) is 2.28. The minimum atomic E-state index is 0. The first-order valence-corrected chi connectivity index (χ1v) is 5.86. The van der Waals surface area contributed by atoms with Crippen LogP contribution in [0.5, 0.6) is 0 Å². The largest absolute Gasteiger partial charge is 0.327 e. The number of nitrogens with zero attached hydrogens (tertiary/aromatic N) is 1. The number of benzene rings is 1. The summed E-state index contributed by atoms with van der Waals surface area (Å²) in [4.78, 5) is 2.49. The van der Waals surface area contributed by atoms with E-state index in [9.17, 15) is 0 Å². The maximum Gasteiger partial charge on any atom is 0.0168 e. The van der Waals surface area contributed by atoms with Crippen molar-refractivity contribution in [3.05, 3.63) is 35.9 Å². The Morgan fingerprint density at radius 1 is 1.25 bits per heavy atom. The van der Waals surface area contributed by atoms with Gasteiger partial charge in [0.2, 0.25) is 0 Å². The lowest BCUT2D eigenvalue weighted by molar-refractivity contribution is 0.211. The number of hydrogen-bond acceptors (Lipinski definition) is 2. The van der Waals surface area contributed by atoms with Crippen molar-refractivity contribution in [1.29, 1.82) is 0 Å². The molecule has 1 aliphatic rings. The maximum atomic E-state index is 5.95. The van der Waals surface area contributed by atoms with E-state index in [1.54, 1.807) is 0 Å². The van der Waals surface area contributed by atoms with E-state index < -0.39 is 0 Å². The molecule has 1 fully saturated rings. The minimum absolute atomic E-state index is 0. The Morgan fingerprint density at radius 2 is 2.00 bits per heavy atom. The molecule has 2 nitrogen and oxygen atoms in total. The predicted molar refractivity (Wildman–Crippen MR) is 71.0 cm³/mol. The van der Waals surface area contributed by atoms with Gasteiger partial charge in [-0.05, 0) is 31.4 Å². The zero-order valence-electron chi connectivity index (χ0n) is 9.64. The molecular formula is C13H21ClN2. The molecule has 0 aliphatic carbocycles. The van der Waals surface area contributed by atoms with E-state index in [2.05, 4.69) is 35.2 Å². The van der Waals surface area contributed by atoms with Crippen LogP contribution in [0.25, 0.3) is 0 Å². The van der Waals surface area contributed by atoms with Gasteiger partial charge in [0.15, 0.2) is 0 Å².